The van der Waals surface area contributed by atoms with Crippen LogP contribution in [0.3, 0.4) is 0 Å². The van der Waals surface area contributed by atoms with Crippen LogP contribution in [0.4, 0.5) is 0 Å². The number of pyridine rings is 1. The average Bonchev–Trinajstić information content (AvgIpc) is 2.76. The molecule has 18 heavy (non-hydrogen) atoms. The lowest BCUT2D eigenvalue weighted by molar-refractivity contribution is 0.104. The van der Waals surface area contributed by atoms with Gasteiger partial charge in [0.15, 0.2) is 0 Å². The van der Waals surface area contributed by atoms with Gasteiger partial charge in [0.25, 0.3) is 0 Å². The van der Waals surface area contributed by atoms with E-state index < -0.39 is 0 Å². The molecule has 2 aromatic heterocycles. The largest absolute Gasteiger partial charge is 0.287 e. The van der Waals surface area contributed by atoms with Crippen LogP contribution in [0.5, 0.6) is 0 Å². The molecule has 0 aliphatic rings. The standard InChI is InChI=1S/C13H15N3OS/c1-8-5-9(7-14-6-8)10(17)11-12(13(2,3)4)15-16-18-11/h5-7H,1-4H3. The lowest BCUT2D eigenvalue weighted by Gasteiger charge is -2.15. The number of hydrogen-bond donors (Lipinski definition) is 0. The topological polar surface area (TPSA) is 55.7 Å². The van der Waals surface area contributed by atoms with Crippen LogP contribution in [-0.2, 0) is 5.41 Å². The molecule has 0 atom stereocenters. The van der Waals surface area contributed by atoms with E-state index in [-0.39, 0.29) is 11.2 Å². The number of hydrogen-bond acceptors (Lipinski definition) is 5. The highest BCUT2D eigenvalue weighted by Crippen LogP contribution is 2.27. The van der Waals surface area contributed by atoms with Gasteiger partial charge >= 0.3 is 0 Å². The second-order valence-corrected chi connectivity index (χ2v) is 6.03. The molecule has 0 amide bonds. The van der Waals surface area contributed by atoms with E-state index in [2.05, 4.69) is 14.6 Å². The third-order valence-corrected chi connectivity index (χ3v) is 3.27. The molecule has 0 unspecified atom stereocenters. The highest BCUT2D eigenvalue weighted by atomic mass is 32.1. The monoisotopic (exact) mass is 261 g/mol. The SMILES string of the molecule is Cc1cncc(C(=O)c2snnc2C(C)(C)C)c1. The molecule has 0 aliphatic heterocycles. The number of aryl methyl sites for hydroxylation is 1. The molecule has 2 aromatic rings. The Balaban J connectivity index is 2.45. The molecule has 4 nitrogen and oxygen atoms in total. The number of aromatic nitrogens is 3. The summed E-state index contributed by atoms with van der Waals surface area (Å²) in [5.74, 6) is -0.0499. The van der Waals surface area contributed by atoms with Crippen molar-refractivity contribution in [1.29, 1.82) is 0 Å². The molecule has 0 N–H and O–H groups in total. The summed E-state index contributed by atoms with van der Waals surface area (Å²) in [5, 5.41) is 4.08. The molecule has 0 saturated heterocycles. The van der Waals surface area contributed by atoms with Crippen molar-refractivity contribution in [3.63, 3.8) is 0 Å². The Kier molecular flexibility index (Phi) is 3.26. The molecule has 5 heteroatoms. The van der Waals surface area contributed by atoms with Crippen molar-refractivity contribution in [2.24, 2.45) is 0 Å². The molecular formula is C13H15N3OS. The Bertz CT molecular complexity index is 584. The van der Waals surface area contributed by atoms with E-state index in [1.54, 1.807) is 12.4 Å². The minimum Gasteiger partial charge on any atom is -0.287 e. The van der Waals surface area contributed by atoms with Crippen molar-refractivity contribution < 1.29 is 4.79 Å². The van der Waals surface area contributed by atoms with Gasteiger partial charge in [-0.1, -0.05) is 25.3 Å². The molecule has 0 saturated carbocycles. The fourth-order valence-electron chi connectivity index (χ4n) is 1.64. The van der Waals surface area contributed by atoms with E-state index in [0.29, 0.717) is 10.4 Å². The molecule has 0 radical (unpaired) electrons. The number of nitrogens with zero attached hydrogens (tertiary/aromatic N) is 3. The van der Waals surface area contributed by atoms with Gasteiger partial charge in [0.2, 0.25) is 5.78 Å². The number of ketones is 1. The van der Waals surface area contributed by atoms with Gasteiger partial charge in [-0.05, 0) is 30.1 Å². The van der Waals surface area contributed by atoms with Crippen molar-refractivity contribution >= 4 is 17.3 Å². The van der Waals surface area contributed by atoms with Crippen molar-refractivity contribution in [3.05, 3.63) is 40.2 Å². The normalized spacial score (nSPS) is 11.6. The Hall–Kier alpha value is -1.62. The maximum Gasteiger partial charge on any atom is 0.208 e. The predicted octanol–water partition coefficient (Wildman–Crippen LogP) is 2.77. The van der Waals surface area contributed by atoms with Gasteiger partial charge in [-0.3, -0.25) is 9.78 Å². The number of carbonyl (C=O) groups excluding carboxylic acids is 1. The average molecular weight is 261 g/mol. The summed E-state index contributed by atoms with van der Waals surface area (Å²) in [6.45, 7) is 7.98. The van der Waals surface area contributed by atoms with Gasteiger partial charge in [0.1, 0.15) is 4.88 Å². The van der Waals surface area contributed by atoms with Crippen molar-refractivity contribution in [1.82, 2.24) is 14.6 Å². The van der Waals surface area contributed by atoms with Gasteiger partial charge in [0, 0.05) is 23.4 Å². The molecule has 2 heterocycles. The first-order chi connectivity index (χ1) is 8.39. The zero-order chi connectivity index (χ0) is 13.3. The Morgan fingerprint density at radius 2 is 2.00 bits per heavy atom. The van der Waals surface area contributed by atoms with Gasteiger partial charge in [-0.25, -0.2) is 0 Å². The zero-order valence-electron chi connectivity index (χ0n) is 10.9. The van der Waals surface area contributed by atoms with Gasteiger partial charge in [-0.15, -0.1) is 5.10 Å². The summed E-state index contributed by atoms with van der Waals surface area (Å²) in [7, 11) is 0. The minimum atomic E-state index is -0.185. The highest BCUT2D eigenvalue weighted by molar-refractivity contribution is 7.08. The fraction of sp³-hybridized carbons (Fsp3) is 0.385. The van der Waals surface area contributed by atoms with Crippen LogP contribution in [0.2, 0.25) is 0 Å². The maximum atomic E-state index is 12.4. The second kappa shape index (κ2) is 4.57. The van der Waals surface area contributed by atoms with E-state index in [4.69, 9.17) is 0 Å². The quantitative estimate of drug-likeness (QED) is 0.780. The molecule has 94 valence electrons. The molecule has 0 bridgehead atoms. The van der Waals surface area contributed by atoms with Gasteiger partial charge in [-0.2, -0.15) is 0 Å². The first kappa shape index (κ1) is 12.8. The van der Waals surface area contributed by atoms with E-state index in [1.807, 2.05) is 33.8 Å². The number of carbonyl (C=O) groups is 1. The van der Waals surface area contributed by atoms with Crippen LogP contribution in [0.15, 0.2) is 18.5 Å². The molecule has 0 aliphatic carbocycles. The molecular weight excluding hydrogens is 246 g/mol. The Morgan fingerprint density at radius 1 is 1.28 bits per heavy atom. The fourth-order valence-corrected chi connectivity index (χ4v) is 2.48. The van der Waals surface area contributed by atoms with Crippen LogP contribution < -0.4 is 0 Å². The van der Waals surface area contributed by atoms with Crippen molar-refractivity contribution in [2.75, 3.05) is 0 Å². The van der Waals surface area contributed by atoms with Crippen LogP contribution in [0, 0.1) is 6.92 Å². The van der Waals surface area contributed by atoms with E-state index in [1.165, 1.54) is 0 Å². The minimum absolute atomic E-state index is 0.0499. The van der Waals surface area contributed by atoms with E-state index >= 15 is 0 Å². The van der Waals surface area contributed by atoms with E-state index in [0.717, 1.165) is 22.8 Å². The van der Waals surface area contributed by atoms with Gasteiger partial charge < -0.3 is 0 Å². The van der Waals surface area contributed by atoms with Crippen LogP contribution in [0.25, 0.3) is 0 Å². The summed E-state index contributed by atoms with van der Waals surface area (Å²) in [4.78, 5) is 17.1. The summed E-state index contributed by atoms with van der Waals surface area (Å²) in [5.41, 5.74) is 2.12. The van der Waals surface area contributed by atoms with Gasteiger partial charge in [0.05, 0.1) is 5.69 Å². The van der Waals surface area contributed by atoms with Crippen LogP contribution in [-0.4, -0.2) is 20.4 Å². The lowest BCUT2D eigenvalue weighted by Crippen LogP contribution is -2.16. The summed E-state index contributed by atoms with van der Waals surface area (Å²) >= 11 is 1.15. The smallest absolute Gasteiger partial charge is 0.208 e. The van der Waals surface area contributed by atoms with Crippen LogP contribution in [0.1, 0.15) is 47.3 Å². The van der Waals surface area contributed by atoms with Crippen molar-refractivity contribution in [2.45, 2.75) is 33.1 Å². The summed E-state index contributed by atoms with van der Waals surface area (Å²) < 4.78 is 3.91. The second-order valence-electron chi connectivity index (χ2n) is 5.28. The zero-order valence-corrected chi connectivity index (χ0v) is 11.7. The molecule has 0 aromatic carbocycles. The Labute approximate surface area is 110 Å². The molecule has 0 fully saturated rings. The van der Waals surface area contributed by atoms with Crippen molar-refractivity contribution in [3.8, 4) is 0 Å². The third kappa shape index (κ3) is 2.46. The highest BCUT2D eigenvalue weighted by Gasteiger charge is 2.26. The first-order valence-corrected chi connectivity index (χ1v) is 6.46. The first-order valence-electron chi connectivity index (χ1n) is 5.69. The molecule has 2 rings (SSSR count). The summed E-state index contributed by atoms with van der Waals surface area (Å²) in [6, 6.07) is 1.83. The number of rotatable bonds is 2. The van der Waals surface area contributed by atoms with Crippen LogP contribution >= 0.6 is 11.5 Å². The van der Waals surface area contributed by atoms with E-state index in [9.17, 15) is 4.79 Å². The third-order valence-electron chi connectivity index (χ3n) is 2.54. The maximum absolute atomic E-state index is 12.4. The summed E-state index contributed by atoms with van der Waals surface area (Å²) in [6.07, 6.45) is 3.31. The predicted molar refractivity (Wildman–Crippen MR) is 71.0 cm³/mol. The molecule has 0 spiro atoms. The lowest BCUT2D eigenvalue weighted by atomic mass is 9.90. The Morgan fingerprint density at radius 3 is 2.61 bits per heavy atom.